The van der Waals surface area contributed by atoms with Gasteiger partial charge in [0.1, 0.15) is 0 Å². The fourth-order valence-corrected chi connectivity index (χ4v) is 3.22. The Kier molecular flexibility index (Phi) is 5.36. The smallest absolute Gasteiger partial charge is 0.292 e. The molecule has 0 saturated carbocycles. The molecular weight excluding hydrogens is 397 g/mol. The maximum absolute atomic E-state index is 12.4. The Morgan fingerprint density at radius 2 is 1.65 bits per heavy atom. The van der Waals surface area contributed by atoms with Gasteiger partial charge in [-0.1, -0.05) is 57.7 Å². The number of hydrogen-bond acceptors (Lipinski definition) is 4. The zero-order valence-electron chi connectivity index (χ0n) is 13.8. The quantitative estimate of drug-likeness (QED) is 0.617. The van der Waals surface area contributed by atoms with Crippen molar-refractivity contribution >= 4 is 46.4 Å². The number of anilines is 1. The van der Waals surface area contributed by atoms with Gasteiger partial charge in [-0.15, -0.1) is 5.10 Å². The molecule has 2 N–H and O–H groups in total. The van der Waals surface area contributed by atoms with Crippen molar-refractivity contribution in [3.63, 3.8) is 0 Å². The lowest BCUT2D eigenvalue weighted by Gasteiger charge is -2.11. The molecule has 9 heteroatoms. The summed E-state index contributed by atoms with van der Waals surface area (Å²) in [7, 11) is 0. The maximum Gasteiger partial charge on any atom is 0.292 e. The molecule has 2 aromatic carbocycles. The molecule has 134 valence electrons. The molecule has 0 spiro atoms. The normalized spacial score (nSPS) is 10.7. The molecule has 1 heterocycles. The van der Waals surface area contributed by atoms with Crippen LogP contribution in [-0.4, -0.2) is 20.9 Å². The number of aryl methyl sites for hydroxylation is 1. The van der Waals surface area contributed by atoms with E-state index in [1.165, 1.54) is 12.1 Å². The molecule has 0 saturated heterocycles. The van der Waals surface area contributed by atoms with Crippen LogP contribution in [-0.2, 0) is 0 Å². The van der Waals surface area contributed by atoms with Gasteiger partial charge in [-0.2, -0.15) is 0 Å². The number of rotatable bonds is 4. The second kappa shape index (κ2) is 7.53. The zero-order chi connectivity index (χ0) is 18.8. The van der Waals surface area contributed by atoms with Crippen molar-refractivity contribution in [3.05, 3.63) is 68.4 Å². The van der Waals surface area contributed by atoms with E-state index in [1.807, 2.05) is 31.2 Å². The third kappa shape index (κ3) is 3.77. The summed E-state index contributed by atoms with van der Waals surface area (Å²) >= 11 is 18.0. The number of halogens is 3. The molecule has 0 atom stereocenters. The first-order valence-electron chi connectivity index (χ1n) is 7.57. The average Bonchev–Trinajstić information content (AvgIpc) is 2.96. The van der Waals surface area contributed by atoms with Crippen molar-refractivity contribution in [2.24, 2.45) is 0 Å². The van der Waals surface area contributed by atoms with Gasteiger partial charge in [0.15, 0.2) is 5.69 Å². The van der Waals surface area contributed by atoms with E-state index in [9.17, 15) is 4.79 Å². The third-order valence-electron chi connectivity index (χ3n) is 3.70. The lowest BCUT2D eigenvalue weighted by molar-refractivity contribution is 0.0957. The molecular formula is C17H14Cl3N5O. The second-order valence-electron chi connectivity index (χ2n) is 5.59. The predicted molar refractivity (Wildman–Crippen MR) is 103 cm³/mol. The Bertz CT molecular complexity index is 946. The average molecular weight is 411 g/mol. The zero-order valence-corrected chi connectivity index (χ0v) is 16.1. The Labute approximate surface area is 165 Å². The number of amides is 1. The molecule has 26 heavy (non-hydrogen) atoms. The van der Waals surface area contributed by atoms with Crippen LogP contribution >= 0.6 is 34.8 Å². The summed E-state index contributed by atoms with van der Waals surface area (Å²) in [6.07, 6.45) is 0. The molecule has 0 aliphatic heterocycles. The van der Waals surface area contributed by atoms with Crippen LogP contribution in [0.3, 0.4) is 0 Å². The van der Waals surface area contributed by atoms with Gasteiger partial charge in [0.05, 0.1) is 27.1 Å². The van der Waals surface area contributed by atoms with Gasteiger partial charge >= 0.3 is 0 Å². The van der Waals surface area contributed by atoms with Crippen LogP contribution in [0, 0.1) is 13.8 Å². The minimum absolute atomic E-state index is 0.180. The van der Waals surface area contributed by atoms with Crippen molar-refractivity contribution in [1.82, 2.24) is 20.4 Å². The molecule has 6 nitrogen and oxygen atoms in total. The number of carbonyl (C=O) groups excluding carboxylic acids is 1. The second-order valence-corrected chi connectivity index (χ2v) is 6.85. The van der Waals surface area contributed by atoms with E-state index in [4.69, 9.17) is 34.8 Å². The van der Waals surface area contributed by atoms with E-state index < -0.39 is 5.91 Å². The number of benzene rings is 2. The van der Waals surface area contributed by atoms with E-state index >= 15 is 0 Å². The summed E-state index contributed by atoms with van der Waals surface area (Å²) in [5, 5.41) is 8.96. The topological polar surface area (TPSA) is 71.8 Å². The van der Waals surface area contributed by atoms with E-state index in [0.29, 0.717) is 16.4 Å². The van der Waals surface area contributed by atoms with E-state index in [-0.39, 0.29) is 15.7 Å². The number of nitrogens with zero attached hydrogens (tertiary/aromatic N) is 3. The molecule has 0 fully saturated rings. The van der Waals surface area contributed by atoms with Crippen LogP contribution in [0.15, 0.2) is 36.4 Å². The molecule has 3 aromatic rings. The Morgan fingerprint density at radius 3 is 2.27 bits per heavy atom. The lowest BCUT2D eigenvalue weighted by Crippen LogP contribution is -2.30. The number of hydrogen-bond donors (Lipinski definition) is 2. The first kappa shape index (κ1) is 18.5. The van der Waals surface area contributed by atoms with Crippen molar-refractivity contribution in [3.8, 4) is 5.69 Å². The van der Waals surface area contributed by atoms with Gasteiger partial charge in [-0.05, 0) is 38.1 Å². The van der Waals surface area contributed by atoms with Crippen LogP contribution in [0.5, 0.6) is 0 Å². The van der Waals surface area contributed by atoms with Crippen molar-refractivity contribution < 1.29 is 4.79 Å². The molecule has 1 amide bonds. The Morgan fingerprint density at radius 1 is 1.04 bits per heavy atom. The highest BCUT2D eigenvalue weighted by Crippen LogP contribution is 2.33. The van der Waals surface area contributed by atoms with Crippen LogP contribution in [0.1, 0.15) is 21.7 Å². The summed E-state index contributed by atoms with van der Waals surface area (Å²) in [4.78, 5) is 12.4. The van der Waals surface area contributed by atoms with Crippen LogP contribution < -0.4 is 10.9 Å². The highest BCUT2D eigenvalue weighted by Gasteiger charge is 2.18. The monoisotopic (exact) mass is 409 g/mol. The van der Waals surface area contributed by atoms with Crippen LogP contribution in [0.25, 0.3) is 5.69 Å². The summed E-state index contributed by atoms with van der Waals surface area (Å²) < 4.78 is 1.59. The third-order valence-corrected chi connectivity index (χ3v) is 4.51. The molecule has 0 aliphatic rings. The van der Waals surface area contributed by atoms with Crippen molar-refractivity contribution in [2.75, 3.05) is 5.43 Å². The minimum atomic E-state index is -0.469. The first-order chi connectivity index (χ1) is 12.4. The molecule has 1 aromatic heterocycles. The summed E-state index contributed by atoms with van der Waals surface area (Å²) in [5.41, 5.74) is 8.27. The molecule has 0 bridgehead atoms. The maximum atomic E-state index is 12.4. The standard InChI is InChI=1S/C17H14Cl3N5O/c1-9-3-5-12(6-4-9)25-10(2)15(22-24-25)17(26)23-21-16-13(19)7-11(18)8-14(16)20/h3-8,21H,1-2H3,(H,23,26). The number of carbonyl (C=O) groups is 1. The highest BCUT2D eigenvalue weighted by atomic mass is 35.5. The van der Waals surface area contributed by atoms with E-state index in [2.05, 4.69) is 21.2 Å². The van der Waals surface area contributed by atoms with Gasteiger partial charge in [-0.3, -0.25) is 15.6 Å². The number of hydrazine groups is 1. The fourth-order valence-electron chi connectivity index (χ4n) is 2.31. The van der Waals surface area contributed by atoms with Gasteiger partial charge < -0.3 is 0 Å². The molecule has 3 rings (SSSR count). The summed E-state index contributed by atoms with van der Waals surface area (Å²) in [6.45, 7) is 3.76. The largest absolute Gasteiger partial charge is 0.295 e. The van der Waals surface area contributed by atoms with Crippen molar-refractivity contribution in [1.29, 1.82) is 0 Å². The minimum Gasteiger partial charge on any atom is -0.295 e. The van der Waals surface area contributed by atoms with Crippen LogP contribution in [0.2, 0.25) is 15.1 Å². The fraction of sp³-hybridized carbons (Fsp3) is 0.118. The molecule has 0 aliphatic carbocycles. The van der Waals surface area contributed by atoms with Crippen LogP contribution in [0.4, 0.5) is 5.69 Å². The van der Waals surface area contributed by atoms with E-state index in [1.54, 1.807) is 11.6 Å². The van der Waals surface area contributed by atoms with Gasteiger partial charge in [0.2, 0.25) is 0 Å². The first-order valence-corrected chi connectivity index (χ1v) is 8.70. The predicted octanol–water partition coefficient (Wildman–Crippen LogP) is 4.60. The molecule has 0 unspecified atom stereocenters. The highest BCUT2D eigenvalue weighted by molar-refractivity contribution is 6.41. The lowest BCUT2D eigenvalue weighted by atomic mass is 10.2. The Hall–Kier alpha value is -2.28. The summed E-state index contributed by atoms with van der Waals surface area (Å²) in [6, 6.07) is 10.8. The SMILES string of the molecule is Cc1ccc(-n2nnc(C(=O)NNc3c(Cl)cc(Cl)cc3Cl)c2C)cc1. The Balaban J connectivity index is 1.78. The summed E-state index contributed by atoms with van der Waals surface area (Å²) in [5.74, 6) is -0.469. The van der Waals surface area contributed by atoms with Gasteiger partial charge in [-0.25, -0.2) is 4.68 Å². The number of aromatic nitrogens is 3. The molecule has 0 radical (unpaired) electrons. The van der Waals surface area contributed by atoms with E-state index in [0.717, 1.165) is 11.3 Å². The van der Waals surface area contributed by atoms with Gasteiger partial charge in [0.25, 0.3) is 5.91 Å². The van der Waals surface area contributed by atoms with Gasteiger partial charge in [0, 0.05) is 5.02 Å². The number of nitrogens with one attached hydrogen (secondary N) is 2. The van der Waals surface area contributed by atoms with Crippen molar-refractivity contribution in [2.45, 2.75) is 13.8 Å².